The lowest BCUT2D eigenvalue weighted by atomic mass is 9.89. The summed E-state index contributed by atoms with van der Waals surface area (Å²) in [5, 5.41) is 9.91. The molecule has 232 valence electrons. The largest absolute Gasteiger partial charge is 0.508 e. The van der Waals surface area contributed by atoms with Crippen molar-refractivity contribution in [1.82, 2.24) is 4.98 Å². The fraction of sp³-hybridized carbons (Fsp3) is 0.273. The maximum absolute atomic E-state index is 13.7. The minimum atomic E-state index is -4.54. The number of ether oxygens (including phenoxy) is 1. The Balaban J connectivity index is 1.80. The van der Waals surface area contributed by atoms with Crippen LogP contribution < -0.4 is 4.72 Å². The Hall–Kier alpha value is -4.22. The van der Waals surface area contributed by atoms with E-state index in [1.54, 1.807) is 24.3 Å². The van der Waals surface area contributed by atoms with Gasteiger partial charge in [0, 0.05) is 24.0 Å². The number of benzene rings is 3. The summed E-state index contributed by atoms with van der Waals surface area (Å²) in [6.45, 7) is 8.73. The highest BCUT2D eigenvalue weighted by Gasteiger charge is 2.32. The molecule has 0 aliphatic heterocycles. The third-order valence-corrected chi connectivity index (χ3v) is 9.29. The first-order chi connectivity index (χ1) is 20.5. The summed E-state index contributed by atoms with van der Waals surface area (Å²) in [5.41, 5.74) is 1.13. The van der Waals surface area contributed by atoms with E-state index in [0.717, 1.165) is 17.7 Å². The molecule has 3 aromatic carbocycles. The molecule has 1 aromatic heterocycles. The predicted molar refractivity (Wildman–Crippen MR) is 165 cm³/mol. The highest BCUT2D eigenvalue weighted by atomic mass is 32.2. The first kappa shape index (κ1) is 32.7. The second-order valence-corrected chi connectivity index (χ2v) is 13.9. The number of nitrogens with zero attached hydrogens (tertiary/aromatic N) is 1. The number of pyridine rings is 1. The fourth-order valence-electron chi connectivity index (χ4n) is 4.53. The van der Waals surface area contributed by atoms with Gasteiger partial charge < -0.3 is 9.84 Å². The standard InChI is InChI=1S/C33H33F3N2O5S/c1-20(24(19-43-5)15-21-9-12-26(39)13-10-21)31(40)30-18-29(38-44(41,42)32(2,3)4)27-17-23(11-14-28(27)37-30)22-7-6-8-25(16-22)33(34,35)36/h6-14,16-18,24,39H,1,15,19H2,2-5H3,(H,37,38)/t24-/m0/s1. The molecule has 0 amide bonds. The molecule has 0 aliphatic rings. The highest BCUT2D eigenvalue weighted by Crippen LogP contribution is 2.35. The van der Waals surface area contributed by atoms with E-state index in [9.17, 15) is 31.5 Å². The molecule has 44 heavy (non-hydrogen) atoms. The summed E-state index contributed by atoms with van der Waals surface area (Å²) < 4.78 is 73.3. The van der Waals surface area contributed by atoms with Crippen molar-refractivity contribution in [3.05, 3.63) is 102 Å². The van der Waals surface area contributed by atoms with Crippen molar-refractivity contribution in [2.24, 2.45) is 5.92 Å². The molecule has 11 heteroatoms. The van der Waals surface area contributed by atoms with Crippen LogP contribution >= 0.6 is 0 Å². The van der Waals surface area contributed by atoms with Gasteiger partial charge in [0.25, 0.3) is 0 Å². The summed E-state index contributed by atoms with van der Waals surface area (Å²) in [5.74, 6) is -0.868. The van der Waals surface area contributed by atoms with Gasteiger partial charge in [-0.2, -0.15) is 13.2 Å². The maximum atomic E-state index is 13.7. The minimum Gasteiger partial charge on any atom is -0.508 e. The van der Waals surface area contributed by atoms with Crippen LogP contribution in [0.3, 0.4) is 0 Å². The van der Waals surface area contributed by atoms with Gasteiger partial charge >= 0.3 is 6.18 Å². The fourth-order valence-corrected chi connectivity index (χ4v) is 5.29. The van der Waals surface area contributed by atoms with Crippen LogP contribution in [-0.4, -0.2) is 42.8 Å². The Bertz CT molecular complexity index is 1810. The first-order valence-electron chi connectivity index (χ1n) is 13.7. The van der Waals surface area contributed by atoms with E-state index in [4.69, 9.17) is 4.74 Å². The van der Waals surface area contributed by atoms with E-state index >= 15 is 0 Å². The minimum absolute atomic E-state index is 0.0525. The number of halogens is 3. The molecule has 2 N–H and O–H groups in total. The van der Waals surface area contributed by atoms with Crippen LogP contribution in [0.4, 0.5) is 18.9 Å². The number of hydrogen-bond donors (Lipinski definition) is 2. The summed E-state index contributed by atoms with van der Waals surface area (Å²) in [4.78, 5) is 18.2. The number of phenols is 1. The summed E-state index contributed by atoms with van der Waals surface area (Å²) in [7, 11) is -2.48. The summed E-state index contributed by atoms with van der Waals surface area (Å²) in [6, 6.07) is 17.3. The Morgan fingerprint density at radius 1 is 1.00 bits per heavy atom. The molecule has 4 rings (SSSR count). The lowest BCUT2D eigenvalue weighted by Crippen LogP contribution is -2.33. The number of Topliss-reactive ketones (excluding diaryl/α,β-unsaturated/α-hetero) is 1. The van der Waals surface area contributed by atoms with Crippen molar-refractivity contribution >= 4 is 32.4 Å². The van der Waals surface area contributed by atoms with Gasteiger partial charge in [0.05, 0.1) is 28.1 Å². The average Bonchev–Trinajstić information content (AvgIpc) is 2.96. The van der Waals surface area contributed by atoms with Crippen LogP contribution in [0.2, 0.25) is 0 Å². The van der Waals surface area contributed by atoms with Gasteiger partial charge in [-0.05, 0) is 86.3 Å². The normalized spacial score (nSPS) is 13.1. The zero-order chi connectivity index (χ0) is 32.4. The van der Waals surface area contributed by atoms with E-state index in [0.29, 0.717) is 17.4 Å². The number of rotatable bonds is 10. The Kier molecular flexibility index (Phi) is 9.22. The summed E-state index contributed by atoms with van der Waals surface area (Å²) >= 11 is 0. The van der Waals surface area contributed by atoms with E-state index in [-0.39, 0.29) is 40.4 Å². The smallest absolute Gasteiger partial charge is 0.416 e. The van der Waals surface area contributed by atoms with Crippen molar-refractivity contribution in [3.8, 4) is 16.9 Å². The Morgan fingerprint density at radius 2 is 1.66 bits per heavy atom. The van der Waals surface area contributed by atoms with Crippen molar-refractivity contribution < 1.29 is 36.2 Å². The molecule has 7 nitrogen and oxygen atoms in total. The van der Waals surface area contributed by atoms with Gasteiger partial charge in [0.1, 0.15) is 11.4 Å². The molecule has 0 fully saturated rings. The number of nitrogens with one attached hydrogen (secondary N) is 1. The Morgan fingerprint density at radius 3 is 2.27 bits per heavy atom. The van der Waals surface area contributed by atoms with Gasteiger partial charge in [-0.1, -0.05) is 36.9 Å². The number of carbonyl (C=O) groups is 1. The zero-order valence-corrected chi connectivity index (χ0v) is 25.5. The SMILES string of the molecule is C=C(C(=O)c1cc(NS(=O)(=O)C(C)(C)C)c2cc(-c3cccc(C(F)(F)F)c3)ccc2n1)[C@H](COC)Cc1ccc(O)cc1. The van der Waals surface area contributed by atoms with Crippen LogP contribution in [0.5, 0.6) is 5.75 Å². The van der Waals surface area contributed by atoms with Gasteiger partial charge in [0.2, 0.25) is 15.8 Å². The number of anilines is 1. The second kappa shape index (κ2) is 12.4. The molecule has 1 atom stereocenters. The second-order valence-electron chi connectivity index (χ2n) is 11.5. The molecule has 0 bridgehead atoms. The van der Waals surface area contributed by atoms with Crippen molar-refractivity contribution in [3.63, 3.8) is 0 Å². The average molecular weight is 627 g/mol. The number of hydrogen-bond acceptors (Lipinski definition) is 6. The van der Waals surface area contributed by atoms with Crippen LogP contribution in [-0.2, 0) is 27.4 Å². The van der Waals surface area contributed by atoms with Crippen molar-refractivity contribution in [2.45, 2.75) is 38.1 Å². The van der Waals surface area contributed by atoms with Crippen molar-refractivity contribution in [2.75, 3.05) is 18.4 Å². The van der Waals surface area contributed by atoms with Gasteiger partial charge in [-0.15, -0.1) is 0 Å². The molecular weight excluding hydrogens is 593 g/mol. The Labute approximate surface area is 254 Å². The summed E-state index contributed by atoms with van der Waals surface area (Å²) in [6.07, 6.45) is -4.15. The predicted octanol–water partition coefficient (Wildman–Crippen LogP) is 7.41. The first-order valence-corrected chi connectivity index (χ1v) is 15.1. The van der Waals surface area contributed by atoms with Gasteiger partial charge in [0.15, 0.2) is 0 Å². The molecular formula is C33H33F3N2O5S. The number of alkyl halides is 3. The van der Waals surface area contributed by atoms with Gasteiger partial charge in [-0.25, -0.2) is 13.4 Å². The van der Waals surface area contributed by atoms with E-state index in [1.807, 2.05) is 0 Å². The topological polar surface area (TPSA) is 106 Å². The monoisotopic (exact) mass is 626 g/mol. The van der Waals surface area contributed by atoms with Crippen LogP contribution in [0.1, 0.15) is 42.4 Å². The molecule has 0 spiro atoms. The number of carbonyl (C=O) groups excluding carboxylic acids is 1. The van der Waals surface area contributed by atoms with Crippen LogP contribution in [0.25, 0.3) is 22.0 Å². The van der Waals surface area contributed by atoms with E-state index in [1.165, 1.54) is 64.3 Å². The maximum Gasteiger partial charge on any atom is 0.416 e. The third kappa shape index (κ3) is 7.28. The molecule has 0 saturated heterocycles. The lowest BCUT2D eigenvalue weighted by Gasteiger charge is -2.22. The lowest BCUT2D eigenvalue weighted by molar-refractivity contribution is -0.137. The van der Waals surface area contributed by atoms with E-state index in [2.05, 4.69) is 16.3 Å². The number of ketones is 1. The molecule has 0 unspecified atom stereocenters. The van der Waals surface area contributed by atoms with Gasteiger partial charge in [-0.3, -0.25) is 9.52 Å². The number of sulfonamides is 1. The molecule has 0 saturated carbocycles. The molecule has 1 heterocycles. The third-order valence-electron chi connectivity index (χ3n) is 7.19. The number of methoxy groups -OCH3 is 1. The van der Waals surface area contributed by atoms with Crippen LogP contribution in [0, 0.1) is 5.92 Å². The highest BCUT2D eigenvalue weighted by molar-refractivity contribution is 7.94. The quantitative estimate of drug-likeness (QED) is 0.140. The number of fused-ring (bicyclic) bond motifs is 1. The molecule has 0 radical (unpaired) electrons. The molecule has 4 aromatic rings. The number of aromatic nitrogens is 1. The number of aromatic hydroxyl groups is 1. The van der Waals surface area contributed by atoms with E-state index < -0.39 is 38.2 Å². The zero-order valence-electron chi connectivity index (χ0n) is 24.7. The van der Waals surface area contributed by atoms with Crippen LogP contribution in [0.15, 0.2) is 84.9 Å². The molecule has 0 aliphatic carbocycles. The van der Waals surface area contributed by atoms with Crippen molar-refractivity contribution in [1.29, 1.82) is 0 Å². The number of phenolic OH excluding ortho intramolecular Hbond substituents is 1.